The van der Waals surface area contributed by atoms with E-state index >= 15 is 0 Å². The number of piperidine rings is 1. The molecular weight excluding hydrogens is 300 g/mol. The number of nitrogens with zero attached hydrogens (tertiary/aromatic N) is 2. The van der Waals surface area contributed by atoms with E-state index in [-0.39, 0.29) is 17.3 Å². The minimum absolute atomic E-state index is 0.108. The highest BCUT2D eigenvalue weighted by molar-refractivity contribution is 7.89. The van der Waals surface area contributed by atoms with E-state index in [1.54, 1.807) is 29.2 Å². The molecule has 0 bridgehead atoms. The number of hydrogen-bond acceptors (Lipinski definition) is 3. The van der Waals surface area contributed by atoms with Crippen molar-refractivity contribution >= 4 is 15.9 Å². The third-order valence-corrected chi connectivity index (χ3v) is 5.91. The van der Waals surface area contributed by atoms with Crippen molar-refractivity contribution in [2.75, 3.05) is 26.7 Å². The molecule has 22 heavy (non-hydrogen) atoms. The van der Waals surface area contributed by atoms with Gasteiger partial charge < -0.3 is 4.90 Å². The number of carbonyl (C=O) groups is 1. The van der Waals surface area contributed by atoms with E-state index in [1.807, 2.05) is 6.92 Å². The van der Waals surface area contributed by atoms with Crippen molar-refractivity contribution in [1.29, 1.82) is 0 Å². The summed E-state index contributed by atoms with van der Waals surface area (Å²) in [5.74, 6) is 0.362. The fourth-order valence-electron chi connectivity index (χ4n) is 2.68. The zero-order valence-corrected chi connectivity index (χ0v) is 14.3. The smallest absolute Gasteiger partial charge is 0.243 e. The first-order valence-electron chi connectivity index (χ1n) is 7.61. The van der Waals surface area contributed by atoms with Crippen LogP contribution in [0.1, 0.15) is 25.3 Å². The molecule has 5 nitrogen and oxygen atoms in total. The van der Waals surface area contributed by atoms with Crippen molar-refractivity contribution in [2.24, 2.45) is 5.92 Å². The van der Waals surface area contributed by atoms with Gasteiger partial charge >= 0.3 is 0 Å². The summed E-state index contributed by atoms with van der Waals surface area (Å²) in [5, 5.41) is 0. The van der Waals surface area contributed by atoms with Crippen molar-refractivity contribution in [1.82, 2.24) is 9.21 Å². The SMILES string of the molecule is Cc1ccc(S(=O)(=O)N(C)CC(=O)N2CCC[C@@H](C)C2)cc1. The summed E-state index contributed by atoms with van der Waals surface area (Å²) in [7, 11) is -2.16. The third kappa shape index (κ3) is 3.87. The van der Waals surface area contributed by atoms with Gasteiger partial charge in [-0.2, -0.15) is 4.31 Å². The van der Waals surface area contributed by atoms with Crippen LogP contribution in [-0.4, -0.2) is 50.2 Å². The molecule has 0 aliphatic carbocycles. The number of likely N-dealkylation sites (N-methyl/N-ethyl adjacent to an activating group) is 1. The van der Waals surface area contributed by atoms with Crippen LogP contribution in [0.5, 0.6) is 0 Å². The van der Waals surface area contributed by atoms with Gasteiger partial charge in [-0.3, -0.25) is 4.79 Å². The van der Waals surface area contributed by atoms with Crippen LogP contribution >= 0.6 is 0 Å². The Balaban J connectivity index is 2.05. The highest BCUT2D eigenvalue weighted by atomic mass is 32.2. The van der Waals surface area contributed by atoms with Gasteiger partial charge in [0.15, 0.2) is 0 Å². The van der Waals surface area contributed by atoms with Gasteiger partial charge in [0.05, 0.1) is 11.4 Å². The summed E-state index contributed by atoms with van der Waals surface area (Å²) in [6.07, 6.45) is 2.11. The number of benzene rings is 1. The molecule has 1 aliphatic rings. The van der Waals surface area contributed by atoms with Crippen molar-refractivity contribution in [3.8, 4) is 0 Å². The normalized spacial score (nSPS) is 19.5. The number of sulfonamides is 1. The van der Waals surface area contributed by atoms with E-state index < -0.39 is 10.0 Å². The number of carbonyl (C=O) groups excluding carboxylic acids is 1. The van der Waals surface area contributed by atoms with Crippen LogP contribution in [0.2, 0.25) is 0 Å². The molecule has 1 aliphatic heterocycles. The quantitative estimate of drug-likeness (QED) is 0.849. The van der Waals surface area contributed by atoms with E-state index in [1.165, 1.54) is 7.05 Å². The molecular formula is C16H24N2O3S. The van der Waals surface area contributed by atoms with E-state index in [4.69, 9.17) is 0 Å². The van der Waals surface area contributed by atoms with Crippen LogP contribution in [0.3, 0.4) is 0 Å². The molecule has 0 saturated carbocycles. The molecule has 1 aromatic rings. The second kappa shape index (κ2) is 6.79. The lowest BCUT2D eigenvalue weighted by atomic mass is 10.0. The maximum absolute atomic E-state index is 12.5. The highest BCUT2D eigenvalue weighted by Gasteiger charge is 2.27. The van der Waals surface area contributed by atoms with Gasteiger partial charge in [0, 0.05) is 20.1 Å². The summed E-state index contributed by atoms with van der Waals surface area (Å²) in [6, 6.07) is 6.67. The Hall–Kier alpha value is -1.40. The maximum atomic E-state index is 12.5. The van der Waals surface area contributed by atoms with E-state index in [9.17, 15) is 13.2 Å². The second-order valence-electron chi connectivity index (χ2n) is 6.16. The number of likely N-dealkylation sites (tertiary alicyclic amines) is 1. The van der Waals surface area contributed by atoms with Crippen LogP contribution in [0.25, 0.3) is 0 Å². The largest absolute Gasteiger partial charge is 0.341 e. The average molecular weight is 324 g/mol. The van der Waals surface area contributed by atoms with Gasteiger partial charge in [-0.1, -0.05) is 24.6 Å². The molecule has 0 N–H and O–H groups in total. The van der Waals surface area contributed by atoms with Gasteiger partial charge in [0.2, 0.25) is 15.9 Å². The van der Waals surface area contributed by atoms with Crippen molar-refractivity contribution in [3.63, 3.8) is 0 Å². The Morgan fingerprint density at radius 1 is 1.32 bits per heavy atom. The number of aryl methyl sites for hydroxylation is 1. The van der Waals surface area contributed by atoms with Crippen LogP contribution in [0, 0.1) is 12.8 Å². The molecule has 1 saturated heterocycles. The first-order valence-corrected chi connectivity index (χ1v) is 9.05. The average Bonchev–Trinajstić information content (AvgIpc) is 2.47. The third-order valence-electron chi connectivity index (χ3n) is 4.10. The van der Waals surface area contributed by atoms with Crippen LogP contribution in [-0.2, 0) is 14.8 Å². The van der Waals surface area contributed by atoms with Gasteiger partial charge in [0.1, 0.15) is 0 Å². The Labute approximate surface area is 133 Å². The van der Waals surface area contributed by atoms with Crippen LogP contribution in [0.4, 0.5) is 0 Å². The van der Waals surface area contributed by atoms with Gasteiger partial charge in [-0.25, -0.2) is 8.42 Å². The summed E-state index contributed by atoms with van der Waals surface area (Å²) in [4.78, 5) is 14.3. The molecule has 1 amide bonds. The predicted octanol–water partition coefficient (Wildman–Crippen LogP) is 1.87. The molecule has 0 unspecified atom stereocenters. The maximum Gasteiger partial charge on any atom is 0.243 e. The summed E-state index contributed by atoms with van der Waals surface area (Å²) in [6.45, 7) is 5.36. The summed E-state index contributed by atoms with van der Waals surface area (Å²) in [5.41, 5.74) is 1.000. The Morgan fingerprint density at radius 3 is 2.55 bits per heavy atom. The zero-order chi connectivity index (χ0) is 16.3. The first kappa shape index (κ1) is 17.0. The first-order chi connectivity index (χ1) is 10.3. The zero-order valence-electron chi connectivity index (χ0n) is 13.4. The van der Waals surface area contributed by atoms with Crippen molar-refractivity contribution in [3.05, 3.63) is 29.8 Å². The van der Waals surface area contributed by atoms with Gasteiger partial charge in [-0.05, 0) is 37.8 Å². The lowest BCUT2D eigenvalue weighted by molar-refractivity contribution is -0.132. The monoisotopic (exact) mass is 324 g/mol. The number of hydrogen-bond donors (Lipinski definition) is 0. The second-order valence-corrected chi connectivity index (χ2v) is 8.21. The Kier molecular flexibility index (Phi) is 5.24. The lowest BCUT2D eigenvalue weighted by Gasteiger charge is -2.32. The molecule has 122 valence electrons. The molecule has 0 spiro atoms. The van der Waals surface area contributed by atoms with Gasteiger partial charge in [-0.15, -0.1) is 0 Å². The summed E-state index contributed by atoms with van der Waals surface area (Å²) < 4.78 is 26.1. The molecule has 1 fully saturated rings. The molecule has 0 radical (unpaired) electrons. The minimum Gasteiger partial charge on any atom is -0.341 e. The minimum atomic E-state index is -3.62. The Morgan fingerprint density at radius 2 is 1.95 bits per heavy atom. The molecule has 0 aromatic heterocycles. The number of amides is 1. The lowest BCUT2D eigenvalue weighted by Crippen LogP contribution is -2.45. The van der Waals surface area contributed by atoms with E-state index in [0.29, 0.717) is 5.92 Å². The highest BCUT2D eigenvalue weighted by Crippen LogP contribution is 2.18. The van der Waals surface area contributed by atoms with Crippen molar-refractivity contribution < 1.29 is 13.2 Å². The molecule has 6 heteroatoms. The van der Waals surface area contributed by atoms with Gasteiger partial charge in [0.25, 0.3) is 0 Å². The topological polar surface area (TPSA) is 57.7 Å². The molecule has 1 aromatic carbocycles. The van der Waals surface area contributed by atoms with Crippen LogP contribution in [0.15, 0.2) is 29.2 Å². The van der Waals surface area contributed by atoms with E-state index in [0.717, 1.165) is 35.8 Å². The predicted molar refractivity (Wildman–Crippen MR) is 86.0 cm³/mol. The molecule has 2 rings (SSSR count). The van der Waals surface area contributed by atoms with Crippen LogP contribution < -0.4 is 0 Å². The standard InChI is InChI=1S/C16H24N2O3S/c1-13-6-8-15(9-7-13)22(20,21)17(3)12-16(19)18-10-4-5-14(2)11-18/h6-9,14H,4-5,10-12H2,1-3H3/t14-/m1/s1. The molecule has 1 heterocycles. The fourth-order valence-corrected chi connectivity index (χ4v) is 3.80. The Bertz CT molecular complexity index is 625. The summed E-state index contributed by atoms with van der Waals surface area (Å²) >= 11 is 0. The van der Waals surface area contributed by atoms with Crippen molar-refractivity contribution in [2.45, 2.75) is 31.6 Å². The number of rotatable bonds is 4. The van der Waals surface area contributed by atoms with E-state index in [2.05, 4.69) is 6.92 Å². The molecule has 1 atom stereocenters. The fraction of sp³-hybridized carbons (Fsp3) is 0.562.